The van der Waals surface area contributed by atoms with E-state index in [9.17, 15) is 23.1 Å². The predicted octanol–water partition coefficient (Wildman–Crippen LogP) is 4.68. The van der Waals surface area contributed by atoms with Gasteiger partial charge in [-0.05, 0) is 44.9 Å². The molecule has 2 atom stereocenters. The number of nitrogens with one attached hydrogen (secondary N) is 1. The molecule has 1 aliphatic rings. The maximum absolute atomic E-state index is 13.4. The minimum Gasteiger partial charge on any atom is -0.387 e. The van der Waals surface area contributed by atoms with Crippen molar-refractivity contribution < 1.29 is 23.1 Å². The summed E-state index contributed by atoms with van der Waals surface area (Å²) in [6, 6.07) is 5.07. The van der Waals surface area contributed by atoms with E-state index in [0.717, 1.165) is 30.9 Å². The minimum absolute atomic E-state index is 0.142. The molecule has 15 heteroatoms. The van der Waals surface area contributed by atoms with E-state index >= 15 is 0 Å². The van der Waals surface area contributed by atoms with Crippen LogP contribution in [-0.2, 0) is 13.2 Å². The number of alkyl halides is 3. The highest BCUT2D eigenvalue weighted by Crippen LogP contribution is 2.30. The van der Waals surface area contributed by atoms with Crippen molar-refractivity contribution in [3.05, 3.63) is 59.0 Å². The molecule has 42 heavy (non-hydrogen) atoms. The predicted molar refractivity (Wildman–Crippen MR) is 151 cm³/mol. The number of halogens is 3. The van der Waals surface area contributed by atoms with Crippen LogP contribution < -0.4 is 10.2 Å². The van der Waals surface area contributed by atoms with E-state index in [1.54, 1.807) is 46.7 Å². The van der Waals surface area contributed by atoms with Crippen molar-refractivity contribution in [2.45, 2.75) is 45.0 Å². The highest BCUT2D eigenvalue weighted by Gasteiger charge is 2.33. The molecule has 1 aliphatic heterocycles. The van der Waals surface area contributed by atoms with Gasteiger partial charge in [0.25, 0.3) is 5.91 Å². The number of likely N-dealkylation sites (N-methyl/N-ethyl adjacent to an activating group) is 1. The van der Waals surface area contributed by atoms with E-state index in [2.05, 4.69) is 30.4 Å². The molecule has 4 aromatic rings. The molecule has 4 aromatic heterocycles. The Bertz CT molecular complexity index is 1520. The second kappa shape index (κ2) is 12.0. The largest absolute Gasteiger partial charge is 0.419 e. The molecule has 11 nitrogen and oxygen atoms in total. The van der Waals surface area contributed by atoms with Crippen LogP contribution in [0.2, 0.25) is 0 Å². The number of thiazole rings is 1. The second-order valence-electron chi connectivity index (χ2n) is 9.95. The molecule has 5 rings (SSSR count). The Labute approximate surface area is 244 Å². The highest BCUT2D eigenvalue weighted by molar-refractivity contribution is 7.14. The maximum Gasteiger partial charge on any atom is 0.419 e. The number of pyridine rings is 1. The Morgan fingerprint density at radius 2 is 2.00 bits per heavy atom. The molecular weight excluding hydrogens is 571 g/mol. The Morgan fingerprint density at radius 1 is 1.24 bits per heavy atom. The Morgan fingerprint density at radius 3 is 2.62 bits per heavy atom. The first-order valence-electron chi connectivity index (χ1n) is 13.4. The van der Waals surface area contributed by atoms with E-state index in [1.807, 2.05) is 12.3 Å². The molecule has 0 spiro atoms. The zero-order valence-electron chi connectivity index (χ0n) is 23.2. The van der Waals surface area contributed by atoms with Gasteiger partial charge in [0.1, 0.15) is 11.5 Å². The Kier molecular flexibility index (Phi) is 8.41. The number of rotatable bonds is 9. The molecule has 0 aliphatic carbocycles. The number of nitrogens with zero attached hydrogens (tertiary/aromatic N) is 8. The molecule has 5 heterocycles. The molecule has 2 N–H and O–H groups in total. The quantitative estimate of drug-likeness (QED) is 0.281. The van der Waals surface area contributed by atoms with Gasteiger partial charge in [-0.1, -0.05) is 0 Å². The lowest BCUT2D eigenvalue weighted by Gasteiger charge is -2.30. The summed E-state index contributed by atoms with van der Waals surface area (Å²) >= 11 is 1.39. The van der Waals surface area contributed by atoms with Gasteiger partial charge in [0.2, 0.25) is 5.95 Å². The minimum atomic E-state index is -4.50. The number of anilines is 3. The van der Waals surface area contributed by atoms with Crippen molar-refractivity contribution in [3.63, 3.8) is 0 Å². The lowest BCUT2D eigenvalue weighted by molar-refractivity contribution is -0.138. The normalized spacial score (nSPS) is 16.1. The first-order valence-corrected chi connectivity index (χ1v) is 14.3. The van der Waals surface area contributed by atoms with Gasteiger partial charge in [-0.2, -0.15) is 18.3 Å². The lowest BCUT2D eigenvalue weighted by Crippen LogP contribution is -2.44. The maximum atomic E-state index is 13.4. The third-order valence-corrected chi connectivity index (χ3v) is 7.80. The number of aromatic nitrogens is 6. The Hall–Kier alpha value is -4.11. The number of hydrogen-bond donors (Lipinski definition) is 2. The molecule has 0 radical (unpaired) electrons. The number of hydrogen-bond acceptors (Lipinski definition) is 10. The summed E-state index contributed by atoms with van der Waals surface area (Å²) in [6.45, 7) is 4.98. The van der Waals surface area contributed by atoms with Crippen LogP contribution >= 0.6 is 11.3 Å². The third kappa shape index (κ3) is 6.36. The van der Waals surface area contributed by atoms with Crippen molar-refractivity contribution in [3.8, 4) is 11.4 Å². The van der Waals surface area contributed by atoms with Crippen LogP contribution in [0.3, 0.4) is 0 Å². The summed E-state index contributed by atoms with van der Waals surface area (Å²) in [5, 5.41) is 19.8. The average Bonchev–Trinajstić information content (AvgIpc) is 3.71. The van der Waals surface area contributed by atoms with Gasteiger partial charge in [0, 0.05) is 56.7 Å². The molecule has 222 valence electrons. The fraction of sp³-hybridized carbons (Fsp3) is 0.407. The van der Waals surface area contributed by atoms with Gasteiger partial charge in [-0.15, -0.1) is 11.3 Å². The van der Waals surface area contributed by atoms with Crippen molar-refractivity contribution >= 4 is 34.1 Å². The summed E-state index contributed by atoms with van der Waals surface area (Å²) < 4.78 is 40.4. The van der Waals surface area contributed by atoms with E-state index in [4.69, 9.17) is 0 Å². The van der Waals surface area contributed by atoms with E-state index in [1.165, 1.54) is 17.5 Å². The molecule has 1 unspecified atom stereocenters. The molecule has 0 saturated carbocycles. The SMILES string of the molecule is CCN(C[C@H]1CCCN1C(=O)c1ccc(Nc2nc(-c3cc(C(C)O)nn3C)cs2)nc1)c1ncc(C(F)(F)F)cn1. The molecule has 1 saturated heterocycles. The van der Waals surface area contributed by atoms with Crippen LogP contribution in [0.1, 0.15) is 54.4 Å². The van der Waals surface area contributed by atoms with Crippen LogP contribution in [0.15, 0.2) is 42.2 Å². The number of aliphatic hydroxyl groups is 1. The lowest BCUT2D eigenvalue weighted by atomic mass is 10.2. The van der Waals surface area contributed by atoms with Crippen LogP contribution in [0, 0.1) is 0 Å². The summed E-state index contributed by atoms with van der Waals surface area (Å²) in [5.74, 6) is 0.554. The number of carbonyl (C=O) groups is 1. The number of aliphatic hydroxyl groups excluding tert-OH is 1. The van der Waals surface area contributed by atoms with Crippen LogP contribution in [-0.4, -0.2) is 71.3 Å². The standard InChI is InChI=1S/C27H30F3N9O2S/c1-4-38(25-32-12-18(13-33-25)27(28,29)30)14-19-6-5-9-39(19)24(41)17-7-8-23(31-11-17)35-26-34-21(15-42-26)22-10-20(16(2)40)36-37(22)3/h7-8,10-13,15-16,19,40H,4-6,9,14H2,1-3H3,(H,31,34,35)/t16?,19-/m1/s1. The number of aryl methyl sites for hydroxylation is 1. The van der Waals surface area contributed by atoms with Gasteiger partial charge in [0.05, 0.1) is 28.6 Å². The Balaban J connectivity index is 1.22. The third-order valence-electron chi connectivity index (χ3n) is 7.04. The van der Waals surface area contributed by atoms with Gasteiger partial charge in [0.15, 0.2) is 5.13 Å². The first kappa shape index (κ1) is 29.4. The number of amides is 1. The van der Waals surface area contributed by atoms with Gasteiger partial charge >= 0.3 is 6.18 Å². The molecule has 0 bridgehead atoms. The van der Waals surface area contributed by atoms with E-state index in [0.29, 0.717) is 47.5 Å². The summed E-state index contributed by atoms with van der Waals surface area (Å²) in [5.41, 5.74) is 1.57. The number of likely N-dealkylation sites (tertiary alicyclic amines) is 1. The fourth-order valence-corrected chi connectivity index (χ4v) is 5.49. The van der Waals surface area contributed by atoms with Crippen molar-refractivity contribution in [1.82, 2.24) is 34.6 Å². The topological polar surface area (TPSA) is 125 Å². The van der Waals surface area contributed by atoms with Crippen LogP contribution in [0.4, 0.5) is 30.1 Å². The second-order valence-corrected chi connectivity index (χ2v) is 10.8. The summed E-state index contributed by atoms with van der Waals surface area (Å²) in [6.07, 6.45) is -0.529. The zero-order chi connectivity index (χ0) is 30.0. The monoisotopic (exact) mass is 601 g/mol. The van der Waals surface area contributed by atoms with Crippen molar-refractivity contribution in [2.75, 3.05) is 29.9 Å². The van der Waals surface area contributed by atoms with Gasteiger partial charge in [-0.25, -0.2) is 19.9 Å². The summed E-state index contributed by atoms with van der Waals surface area (Å²) in [7, 11) is 1.79. The summed E-state index contributed by atoms with van der Waals surface area (Å²) in [4.78, 5) is 33.8. The first-order chi connectivity index (χ1) is 20.0. The molecule has 1 amide bonds. The number of carbonyl (C=O) groups excluding carboxylic acids is 1. The van der Waals surface area contributed by atoms with Crippen LogP contribution in [0.5, 0.6) is 0 Å². The molecule has 0 aromatic carbocycles. The smallest absolute Gasteiger partial charge is 0.387 e. The van der Waals surface area contributed by atoms with Crippen molar-refractivity contribution in [1.29, 1.82) is 0 Å². The van der Waals surface area contributed by atoms with Crippen molar-refractivity contribution in [2.24, 2.45) is 7.05 Å². The molecule has 1 fully saturated rings. The van der Waals surface area contributed by atoms with Gasteiger partial charge in [-0.3, -0.25) is 9.48 Å². The van der Waals surface area contributed by atoms with Gasteiger partial charge < -0.3 is 20.2 Å². The van der Waals surface area contributed by atoms with Crippen LogP contribution in [0.25, 0.3) is 11.4 Å². The average molecular weight is 602 g/mol. The van der Waals surface area contributed by atoms with E-state index < -0.39 is 17.8 Å². The van der Waals surface area contributed by atoms with E-state index in [-0.39, 0.29) is 17.9 Å². The zero-order valence-corrected chi connectivity index (χ0v) is 24.0. The molecular formula is C27H30F3N9O2S. The highest BCUT2D eigenvalue weighted by atomic mass is 32.1. The fourth-order valence-electron chi connectivity index (χ4n) is 4.78.